The number of rotatable bonds is 4. The third-order valence-corrected chi connectivity index (χ3v) is 3.38. The number of benzene rings is 1. The molecular weight excluding hydrogens is 222 g/mol. The maximum absolute atomic E-state index is 3.49. The van der Waals surface area contributed by atoms with Gasteiger partial charge in [0.2, 0.25) is 0 Å². The van der Waals surface area contributed by atoms with Gasteiger partial charge in [0, 0.05) is 43.6 Å². The number of anilines is 2. The highest BCUT2D eigenvalue weighted by Gasteiger charge is 2.14. The van der Waals surface area contributed by atoms with E-state index in [1.54, 1.807) is 0 Å². The molecule has 0 radical (unpaired) electrons. The summed E-state index contributed by atoms with van der Waals surface area (Å²) in [6.07, 6.45) is 1.10. The van der Waals surface area contributed by atoms with Crippen molar-refractivity contribution >= 4 is 11.4 Å². The minimum Gasteiger partial charge on any atom is -0.383 e. The van der Waals surface area contributed by atoms with Crippen molar-refractivity contribution in [3.63, 3.8) is 0 Å². The third kappa shape index (κ3) is 3.16. The van der Waals surface area contributed by atoms with Crippen LogP contribution in [0.5, 0.6) is 0 Å². The Kier molecular flexibility index (Phi) is 4.48. The van der Waals surface area contributed by atoms with E-state index in [0.717, 1.165) is 32.6 Å². The summed E-state index contributed by atoms with van der Waals surface area (Å²) in [6, 6.07) is 7.25. The fourth-order valence-electron chi connectivity index (χ4n) is 2.49. The molecule has 0 unspecified atom stereocenters. The normalized spacial score (nSPS) is 16.1. The summed E-state index contributed by atoms with van der Waals surface area (Å²) in [4.78, 5) is 2.50. The predicted molar refractivity (Wildman–Crippen MR) is 79.7 cm³/mol. The highest BCUT2D eigenvalue weighted by molar-refractivity contribution is 5.63. The molecule has 0 aliphatic carbocycles. The van der Waals surface area contributed by atoms with Gasteiger partial charge in [-0.1, -0.05) is 13.0 Å². The van der Waals surface area contributed by atoms with Crippen LogP contribution in [-0.2, 0) is 6.42 Å². The van der Waals surface area contributed by atoms with E-state index in [1.165, 1.54) is 16.9 Å². The first-order valence-electron chi connectivity index (χ1n) is 7.06. The minimum absolute atomic E-state index is 0.480. The molecule has 0 saturated carbocycles. The molecule has 1 heterocycles. The molecule has 1 aromatic rings. The Hall–Kier alpha value is -1.22. The fourth-order valence-corrected chi connectivity index (χ4v) is 2.49. The predicted octanol–water partition coefficient (Wildman–Crippen LogP) is 2.48. The maximum Gasteiger partial charge on any atom is 0.0420 e. The van der Waals surface area contributed by atoms with Gasteiger partial charge in [0.25, 0.3) is 0 Å². The zero-order valence-corrected chi connectivity index (χ0v) is 11.8. The van der Waals surface area contributed by atoms with Crippen LogP contribution in [0.3, 0.4) is 0 Å². The van der Waals surface area contributed by atoms with Crippen molar-refractivity contribution in [1.29, 1.82) is 0 Å². The van der Waals surface area contributed by atoms with Gasteiger partial charge in [-0.25, -0.2) is 0 Å². The first-order chi connectivity index (χ1) is 8.70. The molecule has 1 fully saturated rings. The topological polar surface area (TPSA) is 27.3 Å². The van der Waals surface area contributed by atoms with Crippen molar-refractivity contribution < 1.29 is 0 Å². The van der Waals surface area contributed by atoms with Crippen LogP contribution in [0.25, 0.3) is 0 Å². The van der Waals surface area contributed by atoms with Crippen molar-refractivity contribution in [3.05, 3.63) is 23.8 Å². The van der Waals surface area contributed by atoms with E-state index in [9.17, 15) is 0 Å². The number of hydrogen-bond donors (Lipinski definition) is 2. The van der Waals surface area contributed by atoms with Crippen molar-refractivity contribution in [2.24, 2.45) is 0 Å². The maximum atomic E-state index is 3.49. The SMILES string of the molecule is CCc1ccc(NC(C)C)cc1N1CCNCC1. The molecule has 2 rings (SSSR count). The molecule has 0 amide bonds. The molecule has 18 heavy (non-hydrogen) atoms. The summed E-state index contributed by atoms with van der Waals surface area (Å²) in [7, 11) is 0. The van der Waals surface area contributed by atoms with E-state index in [1.807, 2.05) is 0 Å². The lowest BCUT2D eigenvalue weighted by Gasteiger charge is -2.31. The minimum atomic E-state index is 0.480. The first kappa shape index (κ1) is 13.2. The largest absolute Gasteiger partial charge is 0.383 e. The van der Waals surface area contributed by atoms with Gasteiger partial charge >= 0.3 is 0 Å². The van der Waals surface area contributed by atoms with E-state index in [0.29, 0.717) is 6.04 Å². The summed E-state index contributed by atoms with van der Waals surface area (Å²) in [5.41, 5.74) is 4.09. The number of piperazine rings is 1. The second kappa shape index (κ2) is 6.10. The average molecular weight is 247 g/mol. The molecule has 0 bridgehead atoms. The number of hydrogen-bond acceptors (Lipinski definition) is 3. The smallest absolute Gasteiger partial charge is 0.0420 e. The molecule has 1 saturated heterocycles. The number of nitrogens with zero attached hydrogens (tertiary/aromatic N) is 1. The van der Waals surface area contributed by atoms with E-state index < -0.39 is 0 Å². The first-order valence-corrected chi connectivity index (χ1v) is 7.06. The summed E-state index contributed by atoms with van der Waals surface area (Å²) < 4.78 is 0. The molecule has 3 heteroatoms. The highest BCUT2D eigenvalue weighted by atomic mass is 15.2. The molecule has 0 atom stereocenters. The zero-order chi connectivity index (χ0) is 13.0. The van der Waals surface area contributed by atoms with Gasteiger partial charge in [-0.3, -0.25) is 0 Å². The molecule has 0 spiro atoms. The lowest BCUT2D eigenvalue weighted by atomic mass is 10.1. The van der Waals surface area contributed by atoms with Crippen LogP contribution in [0.2, 0.25) is 0 Å². The molecular formula is C15H25N3. The van der Waals surface area contributed by atoms with E-state index in [2.05, 4.69) is 54.5 Å². The van der Waals surface area contributed by atoms with Crippen molar-refractivity contribution in [1.82, 2.24) is 5.32 Å². The Morgan fingerprint density at radius 1 is 1.28 bits per heavy atom. The molecule has 1 aliphatic rings. The summed E-state index contributed by atoms with van der Waals surface area (Å²) in [5, 5.41) is 6.90. The number of nitrogens with one attached hydrogen (secondary N) is 2. The third-order valence-electron chi connectivity index (χ3n) is 3.38. The molecule has 1 aromatic carbocycles. The number of aryl methyl sites for hydroxylation is 1. The lowest BCUT2D eigenvalue weighted by molar-refractivity contribution is 0.588. The Morgan fingerprint density at radius 3 is 2.61 bits per heavy atom. The molecule has 3 nitrogen and oxygen atoms in total. The van der Waals surface area contributed by atoms with Gasteiger partial charge in [-0.05, 0) is 38.0 Å². The molecule has 1 aliphatic heterocycles. The van der Waals surface area contributed by atoms with Gasteiger partial charge in [-0.2, -0.15) is 0 Å². The van der Waals surface area contributed by atoms with Crippen LogP contribution in [0.15, 0.2) is 18.2 Å². The van der Waals surface area contributed by atoms with Crippen LogP contribution in [0.4, 0.5) is 11.4 Å². The second-order valence-corrected chi connectivity index (χ2v) is 5.23. The standard InChI is InChI=1S/C15H25N3/c1-4-13-5-6-14(17-12(2)3)11-15(13)18-9-7-16-8-10-18/h5-6,11-12,16-17H,4,7-10H2,1-3H3. The quantitative estimate of drug-likeness (QED) is 0.856. The van der Waals surface area contributed by atoms with Gasteiger partial charge in [-0.15, -0.1) is 0 Å². The summed E-state index contributed by atoms with van der Waals surface area (Å²) in [6.45, 7) is 11.0. The van der Waals surface area contributed by atoms with Crippen molar-refractivity contribution in [2.75, 3.05) is 36.4 Å². The van der Waals surface area contributed by atoms with E-state index in [-0.39, 0.29) is 0 Å². The Labute approximate surface area is 111 Å². The lowest BCUT2D eigenvalue weighted by Crippen LogP contribution is -2.43. The van der Waals surface area contributed by atoms with E-state index in [4.69, 9.17) is 0 Å². The van der Waals surface area contributed by atoms with Crippen LogP contribution in [0.1, 0.15) is 26.3 Å². The Bertz CT molecular complexity index is 381. The monoisotopic (exact) mass is 247 g/mol. The van der Waals surface area contributed by atoms with Crippen LogP contribution >= 0.6 is 0 Å². The van der Waals surface area contributed by atoms with Gasteiger partial charge in [0.1, 0.15) is 0 Å². The Balaban J connectivity index is 2.23. The summed E-state index contributed by atoms with van der Waals surface area (Å²) in [5.74, 6) is 0. The second-order valence-electron chi connectivity index (χ2n) is 5.23. The van der Waals surface area contributed by atoms with Gasteiger partial charge in [0.15, 0.2) is 0 Å². The Morgan fingerprint density at radius 2 is 2.00 bits per heavy atom. The molecule has 2 N–H and O–H groups in total. The highest BCUT2D eigenvalue weighted by Crippen LogP contribution is 2.26. The van der Waals surface area contributed by atoms with Gasteiger partial charge in [0.05, 0.1) is 0 Å². The average Bonchev–Trinajstić information content (AvgIpc) is 2.39. The fraction of sp³-hybridized carbons (Fsp3) is 0.600. The zero-order valence-electron chi connectivity index (χ0n) is 11.8. The van der Waals surface area contributed by atoms with Crippen LogP contribution in [0, 0.1) is 0 Å². The van der Waals surface area contributed by atoms with Crippen molar-refractivity contribution in [3.8, 4) is 0 Å². The molecule has 0 aromatic heterocycles. The van der Waals surface area contributed by atoms with Crippen LogP contribution in [-0.4, -0.2) is 32.2 Å². The van der Waals surface area contributed by atoms with E-state index >= 15 is 0 Å². The van der Waals surface area contributed by atoms with Gasteiger partial charge < -0.3 is 15.5 Å². The summed E-state index contributed by atoms with van der Waals surface area (Å²) >= 11 is 0. The van der Waals surface area contributed by atoms with Crippen LogP contribution < -0.4 is 15.5 Å². The molecule has 100 valence electrons. The van der Waals surface area contributed by atoms with Crippen molar-refractivity contribution in [2.45, 2.75) is 33.2 Å².